The van der Waals surface area contributed by atoms with Crippen molar-refractivity contribution in [1.29, 1.82) is 0 Å². The Morgan fingerprint density at radius 1 is 1.29 bits per heavy atom. The first-order chi connectivity index (χ1) is 8.16. The third-order valence-electron chi connectivity index (χ3n) is 3.56. The van der Waals surface area contributed by atoms with E-state index in [9.17, 15) is 5.11 Å². The fraction of sp³-hybridized carbons (Fsp3) is 0.600. The Bertz CT molecular complexity index is 369. The molecule has 0 spiro atoms. The van der Waals surface area contributed by atoms with Gasteiger partial charge >= 0.3 is 0 Å². The third kappa shape index (κ3) is 3.83. The number of aryl methyl sites for hydroxylation is 2. The van der Waals surface area contributed by atoms with Crippen molar-refractivity contribution in [2.24, 2.45) is 5.92 Å². The van der Waals surface area contributed by atoms with E-state index in [1.54, 1.807) is 0 Å². The highest BCUT2D eigenvalue weighted by atomic mass is 16.5. The van der Waals surface area contributed by atoms with E-state index in [2.05, 4.69) is 19.9 Å². The zero-order chi connectivity index (χ0) is 12.3. The predicted octanol–water partition coefficient (Wildman–Crippen LogP) is 3.15. The summed E-state index contributed by atoms with van der Waals surface area (Å²) in [6.45, 7) is 5.35. The maximum absolute atomic E-state index is 9.99. The second-order valence-electron chi connectivity index (χ2n) is 5.17. The summed E-state index contributed by atoms with van der Waals surface area (Å²) in [5.41, 5.74) is 3.44. The molecule has 0 bridgehead atoms. The SMILES string of the molecule is Cc1ccc(C(O)COCCC2CC2)cc1C. The molecule has 0 amide bonds. The normalized spacial score (nSPS) is 17.1. The number of benzene rings is 1. The highest BCUT2D eigenvalue weighted by molar-refractivity contribution is 5.31. The molecule has 2 heteroatoms. The van der Waals surface area contributed by atoms with Gasteiger partial charge in [0.25, 0.3) is 0 Å². The average Bonchev–Trinajstić information content (AvgIpc) is 3.12. The van der Waals surface area contributed by atoms with Gasteiger partial charge in [-0.1, -0.05) is 31.0 Å². The van der Waals surface area contributed by atoms with Gasteiger partial charge in [0.05, 0.1) is 6.61 Å². The molecule has 0 aromatic heterocycles. The lowest BCUT2D eigenvalue weighted by atomic mass is 10.0. The number of rotatable bonds is 6. The molecule has 1 aromatic rings. The van der Waals surface area contributed by atoms with Crippen LogP contribution in [0.4, 0.5) is 0 Å². The fourth-order valence-corrected chi connectivity index (χ4v) is 1.92. The Morgan fingerprint density at radius 2 is 2.06 bits per heavy atom. The van der Waals surface area contributed by atoms with Gasteiger partial charge in [-0.3, -0.25) is 0 Å². The standard InChI is InChI=1S/C15H22O2/c1-11-3-6-14(9-12(11)2)15(16)10-17-8-7-13-4-5-13/h3,6,9,13,15-16H,4-5,7-8,10H2,1-2H3. The molecule has 94 valence electrons. The Hall–Kier alpha value is -0.860. The number of aliphatic hydroxyl groups excluding tert-OH is 1. The van der Waals surface area contributed by atoms with Gasteiger partial charge in [-0.2, -0.15) is 0 Å². The average molecular weight is 234 g/mol. The van der Waals surface area contributed by atoms with Gasteiger partial charge in [0, 0.05) is 6.61 Å². The first-order valence-electron chi connectivity index (χ1n) is 6.50. The molecule has 1 aliphatic carbocycles. The van der Waals surface area contributed by atoms with Crippen molar-refractivity contribution < 1.29 is 9.84 Å². The summed E-state index contributed by atoms with van der Waals surface area (Å²) < 4.78 is 5.52. The van der Waals surface area contributed by atoms with E-state index in [-0.39, 0.29) is 0 Å². The van der Waals surface area contributed by atoms with Crippen LogP contribution in [0.2, 0.25) is 0 Å². The van der Waals surface area contributed by atoms with Crippen molar-refractivity contribution in [2.45, 2.75) is 39.2 Å². The summed E-state index contributed by atoms with van der Waals surface area (Å²) in [7, 11) is 0. The summed E-state index contributed by atoms with van der Waals surface area (Å²) in [6.07, 6.45) is 3.39. The van der Waals surface area contributed by atoms with Crippen molar-refractivity contribution in [3.05, 3.63) is 34.9 Å². The second kappa shape index (κ2) is 5.65. The minimum Gasteiger partial charge on any atom is -0.386 e. The molecule has 2 nitrogen and oxygen atoms in total. The van der Waals surface area contributed by atoms with Gasteiger partial charge in [-0.05, 0) is 42.9 Å². The van der Waals surface area contributed by atoms with Crippen LogP contribution < -0.4 is 0 Å². The highest BCUT2D eigenvalue weighted by Crippen LogP contribution is 2.32. The van der Waals surface area contributed by atoms with Gasteiger partial charge in [-0.15, -0.1) is 0 Å². The zero-order valence-electron chi connectivity index (χ0n) is 10.8. The number of aliphatic hydroxyl groups is 1. The molecule has 1 unspecified atom stereocenters. The fourth-order valence-electron chi connectivity index (χ4n) is 1.92. The molecule has 1 saturated carbocycles. The number of ether oxygens (including phenoxy) is 1. The zero-order valence-corrected chi connectivity index (χ0v) is 10.8. The summed E-state index contributed by atoms with van der Waals surface area (Å²) in [5.74, 6) is 0.897. The van der Waals surface area contributed by atoms with Gasteiger partial charge in [0.1, 0.15) is 6.10 Å². The van der Waals surface area contributed by atoms with Crippen LogP contribution in [0.3, 0.4) is 0 Å². The largest absolute Gasteiger partial charge is 0.386 e. The molecular formula is C15H22O2. The predicted molar refractivity (Wildman–Crippen MR) is 69.0 cm³/mol. The molecule has 0 aliphatic heterocycles. The quantitative estimate of drug-likeness (QED) is 0.766. The maximum atomic E-state index is 9.99. The van der Waals surface area contributed by atoms with E-state index in [1.807, 2.05) is 12.1 Å². The van der Waals surface area contributed by atoms with E-state index in [0.29, 0.717) is 6.61 Å². The van der Waals surface area contributed by atoms with Crippen LogP contribution in [0, 0.1) is 19.8 Å². The van der Waals surface area contributed by atoms with Crippen LogP contribution in [-0.4, -0.2) is 18.3 Å². The van der Waals surface area contributed by atoms with E-state index in [4.69, 9.17) is 4.74 Å². The van der Waals surface area contributed by atoms with Crippen LogP contribution in [0.5, 0.6) is 0 Å². The van der Waals surface area contributed by atoms with Crippen molar-refractivity contribution in [2.75, 3.05) is 13.2 Å². The molecule has 1 fully saturated rings. The highest BCUT2D eigenvalue weighted by Gasteiger charge is 2.20. The lowest BCUT2D eigenvalue weighted by Gasteiger charge is -2.13. The molecule has 0 radical (unpaired) electrons. The van der Waals surface area contributed by atoms with E-state index in [0.717, 1.165) is 24.5 Å². The molecule has 1 N–H and O–H groups in total. The van der Waals surface area contributed by atoms with Crippen LogP contribution >= 0.6 is 0 Å². The first kappa shape index (κ1) is 12.6. The van der Waals surface area contributed by atoms with Crippen molar-refractivity contribution in [3.8, 4) is 0 Å². The molecule has 0 saturated heterocycles. The summed E-state index contributed by atoms with van der Waals surface area (Å²) in [4.78, 5) is 0. The monoisotopic (exact) mass is 234 g/mol. The van der Waals surface area contributed by atoms with Gasteiger partial charge in [0.15, 0.2) is 0 Å². The molecule has 1 aliphatic rings. The van der Waals surface area contributed by atoms with Gasteiger partial charge in [0.2, 0.25) is 0 Å². The van der Waals surface area contributed by atoms with E-state index in [1.165, 1.54) is 24.0 Å². The summed E-state index contributed by atoms with van der Waals surface area (Å²) >= 11 is 0. The third-order valence-corrected chi connectivity index (χ3v) is 3.56. The van der Waals surface area contributed by atoms with E-state index >= 15 is 0 Å². The molecule has 2 rings (SSSR count). The van der Waals surface area contributed by atoms with Crippen molar-refractivity contribution >= 4 is 0 Å². The van der Waals surface area contributed by atoms with Crippen LogP contribution in [0.15, 0.2) is 18.2 Å². The van der Waals surface area contributed by atoms with Crippen LogP contribution in [-0.2, 0) is 4.74 Å². The number of hydrogen-bond donors (Lipinski definition) is 1. The lowest BCUT2D eigenvalue weighted by molar-refractivity contribution is 0.0336. The molecule has 1 aromatic carbocycles. The molecule has 0 heterocycles. The Morgan fingerprint density at radius 3 is 2.71 bits per heavy atom. The number of hydrogen-bond acceptors (Lipinski definition) is 2. The lowest BCUT2D eigenvalue weighted by Crippen LogP contribution is -2.08. The van der Waals surface area contributed by atoms with Gasteiger partial charge < -0.3 is 9.84 Å². The van der Waals surface area contributed by atoms with E-state index < -0.39 is 6.10 Å². The first-order valence-corrected chi connectivity index (χ1v) is 6.50. The minimum absolute atomic E-state index is 0.412. The topological polar surface area (TPSA) is 29.5 Å². The Labute approximate surface area is 104 Å². The smallest absolute Gasteiger partial charge is 0.102 e. The van der Waals surface area contributed by atoms with Crippen molar-refractivity contribution in [1.82, 2.24) is 0 Å². The second-order valence-corrected chi connectivity index (χ2v) is 5.17. The summed E-state index contributed by atoms with van der Waals surface area (Å²) in [5, 5.41) is 9.99. The van der Waals surface area contributed by atoms with Crippen LogP contribution in [0.25, 0.3) is 0 Å². The summed E-state index contributed by atoms with van der Waals surface area (Å²) in [6, 6.07) is 6.08. The van der Waals surface area contributed by atoms with Gasteiger partial charge in [-0.25, -0.2) is 0 Å². The Balaban J connectivity index is 1.76. The van der Waals surface area contributed by atoms with Crippen molar-refractivity contribution in [3.63, 3.8) is 0 Å². The van der Waals surface area contributed by atoms with Crippen LogP contribution in [0.1, 0.15) is 42.1 Å². The molecule has 1 atom stereocenters. The molecule has 17 heavy (non-hydrogen) atoms. The minimum atomic E-state index is -0.492. The molecular weight excluding hydrogens is 212 g/mol. The Kier molecular flexibility index (Phi) is 4.19. The maximum Gasteiger partial charge on any atom is 0.102 e.